The molecule has 0 atom stereocenters. The summed E-state index contributed by atoms with van der Waals surface area (Å²) in [6.07, 6.45) is 5.09. The summed E-state index contributed by atoms with van der Waals surface area (Å²) in [6.45, 7) is 3.84. The summed E-state index contributed by atoms with van der Waals surface area (Å²) in [7, 11) is 0. The van der Waals surface area contributed by atoms with Gasteiger partial charge in [0.25, 0.3) is 5.91 Å². The van der Waals surface area contributed by atoms with Crippen LogP contribution in [-0.2, 0) is 6.54 Å². The van der Waals surface area contributed by atoms with Gasteiger partial charge >= 0.3 is 0 Å². The van der Waals surface area contributed by atoms with E-state index in [0.29, 0.717) is 18.2 Å². The zero-order chi connectivity index (χ0) is 19.2. The quantitative estimate of drug-likeness (QED) is 0.737. The van der Waals surface area contributed by atoms with Gasteiger partial charge in [-0.15, -0.1) is 0 Å². The van der Waals surface area contributed by atoms with E-state index in [9.17, 15) is 4.79 Å². The number of hydrogen-bond donors (Lipinski definition) is 1. The fourth-order valence-electron chi connectivity index (χ4n) is 3.21. The van der Waals surface area contributed by atoms with Gasteiger partial charge in [-0.3, -0.25) is 9.78 Å². The number of para-hydroxylation sites is 1. The maximum Gasteiger partial charge on any atom is 0.270 e. The highest BCUT2D eigenvalue weighted by Gasteiger charge is 2.20. The summed E-state index contributed by atoms with van der Waals surface area (Å²) < 4.78 is 0. The first-order valence-corrected chi connectivity index (χ1v) is 9.35. The second-order valence-corrected chi connectivity index (χ2v) is 6.60. The molecule has 1 aliphatic heterocycles. The average molecular weight is 374 g/mol. The van der Waals surface area contributed by atoms with E-state index in [1.807, 2.05) is 18.2 Å². The van der Waals surface area contributed by atoms with Crippen molar-refractivity contribution >= 4 is 17.5 Å². The van der Waals surface area contributed by atoms with Crippen LogP contribution in [0.4, 0.5) is 11.6 Å². The lowest BCUT2D eigenvalue weighted by molar-refractivity contribution is 0.0946. The zero-order valence-corrected chi connectivity index (χ0v) is 15.5. The number of anilines is 2. The molecule has 1 saturated heterocycles. The first-order valence-electron chi connectivity index (χ1n) is 9.35. The van der Waals surface area contributed by atoms with Crippen LogP contribution in [0.5, 0.6) is 0 Å². The fourth-order valence-corrected chi connectivity index (χ4v) is 3.21. The van der Waals surface area contributed by atoms with Gasteiger partial charge in [-0.25, -0.2) is 9.97 Å². The molecule has 3 heterocycles. The third kappa shape index (κ3) is 4.25. The van der Waals surface area contributed by atoms with Crippen molar-refractivity contribution in [1.29, 1.82) is 0 Å². The molecule has 142 valence electrons. The number of rotatable bonds is 5. The molecule has 0 bridgehead atoms. The lowest BCUT2D eigenvalue weighted by Gasteiger charge is -2.36. The van der Waals surface area contributed by atoms with Gasteiger partial charge in [0.1, 0.15) is 5.69 Å². The highest BCUT2D eigenvalue weighted by atomic mass is 16.1. The van der Waals surface area contributed by atoms with Gasteiger partial charge in [0.2, 0.25) is 5.95 Å². The largest absolute Gasteiger partial charge is 0.368 e. The predicted molar refractivity (Wildman–Crippen MR) is 108 cm³/mol. The lowest BCUT2D eigenvalue weighted by Crippen LogP contribution is -2.47. The Labute approximate surface area is 164 Å². The Morgan fingerprint density at radius 2 is 1.71 bits per heavy atom. The number of amides is 1. The van der Waals surface area contributed by atoms with Crippen molar-refractivity contribution in [2.75, 3.05) is 36.0 Å². The number of benzene rings is 1. The molecule has 7 nitrogen and oxygen atoms in total. The second-order valence-electron chi connectivity index (χ2n) is 6.60. The van der Waals surface area contributed by atoms with Crippen LogP contribution in [0.15, 0.2) is 67.1 Å². The number of nitrogens with zero attached hydrogens (tertiary/aromatic N) is 5. The Morgan fingerprint density at radius 3 is 2.46 bits per heavy atom. The molecule has 1 fully saturated rings. The number of nitrogens with one attached hydrogen (secondary N) is 1. The number of pyridine rings is 1. The normalized spacial score (nSPS) is 14.0. The summed E-state index contributed by atoms with van der Waals surface area (Å²) >= 11 is 0. The van der Waals surface area contributed by atoms with Crippen LogP contribution in [0.3, 0.4) is 0 Å². The fraction of sp³-hybridized carbons (Fsp3) is 0.238. The topological polar surface area (TPSA) is 74.2 Å². The number of hydrogen-bond acceptors (Lipinski definition) is 6. The average Bonchev–Trinajstić information content (AvgIpc) is 2.79. The summed E-state index contributed by atoms with van der Waals surface area (Å²) in [5.74, 6) is 0.386. The van der Waals surface area contributed by atoms with Crippen LogP contribution in [0.25, 0.3) is 0 Å². The molecule has 2 aromatic heterocycles. The molecular weight excluding hydrogens is 352 g/mol. The van der Waals surface area contributed by atoms with Crippen molar-refractivity contribution in [3.05, 3.63) is 78.4 Å². The van der Waals surface area contributed by atoms with Gasteiger partial charge in [0, 0.05) is 57.0 Å². The Kier molecular flexibility index (Phi) is 5.42. The summed E-state index contributed by atoms with van der Waals surface area (Å²) in [6, 6.07) is 15.8. The molecule has 3 aromatic rings. The van der Waals surface area contributed by atoms with Gasteiger partial charge < -0.3 is 15.1 Å². The van der Waals surface area contributed by atoms with E-state index in [4.69, 9.17) is 0 Å². The highest BCUT2D eigenvalue weighted by Crippen LogP contribution is 2.18. The van der Waals surface area contributed by atoms with Gasteiger partial charge in [-0.2, -0.15) is 0 Å². The van der Waals surface area contributed by atoms with E-state index in [1.54, 1.807) is 24.7 Å². The monoisotopic (exact) mass is 374 g/mol. The Bertz CT molecular complexity index is 910. The first kappa shape index (κ1) is 17.9. The lowest BCUT2D eigenvalue weighted by atomic mass is 10.2. The molecule has 7 heteroatoms. The van der Waals surface area contributed by atoms with Crippen molar-refractivity contribution < 1.29 is 4.79 Å². The maximum absolute atomic E-state index is 12.4. The van der Waals surface area contributed by atoms with E-state index in [1.165, 1.54) is 5.69 Å². The van der Waals surface area contributed by atoms with Crippen molar-refractivity contribution in [3.8, 4) is 0 Å². The number of carbonyl (C=O) groups is 1. The molecule has 0 aliphatic carbocycles. The molecule has 0 saturated carbocycles. The summed E-state index contributed by atoms with van der Waals surface area (Å²) in [4.78, 5) is 29.8. The van der Waals surface area contributed by atoms with E-state index >= 15 is 0 Å². The van der Waals surface area contributed by atoms with E-state index in [2.05, 4.69) is 54.3 Å². The Hall–Kier alpha value is -3.48. The molecule has 1 aliphatic rings. The summed E-state index contributed by atoms with van der Waals surface area (Å²) in [5.41, 5.74) is 2.55. The number of piperazine rings is 1. The minimum absolute atomic E-state index is 0.213. The molecule has 1 amide bonds. The van der Waals surface area contributed by atoms with Crippen LogP contribution < -0.4 is 15.1 Å². The van der Waals surface area contributed by atoms with Crippen molar-refractivity contribution in [2.45, 2.75) is 6.54 Å². The molecule has 4 rings (SSSR count). The minimum Gasteiger partial charge on any atom is -0.368 e. The third-order valence-electron chi connectivity index (χ3n) is 4.74. The highest BCUT2D eigenvalue weighted by molar-refractivity contribution is 5.92. The third-order valence-corrected chi connectivity index (χ3v) is 4.74. The SMILES string of the molecule is O=C(NCc1cccnc1)c1ccnc(N2CCN(c3ccccc3)CC2)n1. The molecule has 1 aromatic carbocycles. The van der Waals surface area contributed by atoms with Gasteiger partial charge in [0.15, 0.2) is 0 Å². The van der Waals surface area contributed by atoms with Crippen molar-refractivity contribution in [3.63, 3.8) is 0 Å². The molecule has 1 N–H and O–H groups in total. The Balaban J connectivity index is 1.37. The van der Waals surface area contributed by atoms with Crippen molar-refractivity contribution in [1.82, 2.24) is 20.3 Å². The van der Waals surface area contributed by atoms with Crippen molar-refractivity contribution in [2.24, 2.45) is 0 Å². The predicted octanol–water partition coefficient (Wildman–Crippen LogP) is 2.13. The van der Waals surface area contributed by atoms with Crippen LogP contribution >= 0.6 is 0 Å². The van der Waals surface area contributed by atoms with Gasteiger partial charge in [0.05, 0.1) is 0 Å². The number of aromatic nitrogens is 3. The summed E-state index contributed by atoms with van der Waals surface area (Å²) in [5, 5.41) is 2.88. The molecule has 0 radical (unpaired) electrons. The maximum atomic E-state index is 12.4. The number of carbonyl (C=O) groups excluding carboxylic acids is 1. The zero-order valence-electron chi connectivity index (χ0n) is 15.5. The van der Waals surface area contributed by atoms with Crippen LogP contribution in [0.1, 0.15) is 16.1 Å². The molecule has 0 spiro atoms. The molecule has 28 heavy (non-hydrogen) atoms. The van der Waals surface area contributed by atoms with E-state index in [-0.39, 0.29) is 5.91 Å². The van der Waals surface area contributed by atoms with Gasteiger partial charge in [-0.05, 0) is 29.8 Å². The standard InChI is InChI=1S/C21H22N6O/c28-20(24-16-17-5-4-9-22-15-17)19-8-10-23-21(25-19)27-13-11-26(12-14-27)18-6-2-1-3-7-18/h1-10,15H,11-14,16H2,(H,24,28). The molecular formula is C21H22N6O. The minimum atomic E-state index is -0.213. The second kappa shape index (κ2) is 8.47. The van der Waals surface area contributed by atoms with Gasteiger partial charge in [-0.1, -0.05) is 24.3 Å². The van der Waals surface area contributed by atoms with E-state index < -0.39 is 0 Å². The Morgan fingerprint density at radius 1 is 0.929 bits per heavy atom. The van der Waals surface area contributed by atoms with Crippen LogP contribution in [0.2, 0.25) is 0 Å². The smallest absolute Gasteiger partial charge is 0.270 e. The van der Waals surface area contributed by atoms with Crippen LogP contribution in [-0.4, -0.2) is 47.0 Å². The van der Waals surface area contributed by atoms with Crippen LogP contribution in [0, 0.1) is 0 Å². The first-order chi connectivity index (χ1) is 13.8. The molecule has 0 unspecified atom stereocenters. The van der Waals surface area contributed by atoms with E-state index in [0.717, 1.165) is 31.7 Å².